The molecule has 13 heteroatoms. The minimum absolute atomic E-state index is 0.0907. The molecule has 2 aromatic rings. The van der Waals surface area contributed by atoms with Crippen molar-refractivity contribution in [2.45, 2.75) is 160 Å². The number of hydrogen-bond donors (Lipinski definition) is 5. The highest BCUT2D eigenvalue weighted by Gasteiger charge is 2.40. The third kappa shape index (κ3) is 18.7. The number of benzene rings is 1. The van der Waals surface area contributed by atoms with E-state index in [2.05, 4.69) is 29.1 Å². The van der Waals surface area contributed by atoms with Crippen molar-refractivity contribution in [3.05, 3.63) is 65.3 Å². The van der Waals surface area contributed by atoms with Gasteiger partial charge in [-0.2, -0.15) is 0 Å². The average Bonchev–Trinajstić information content (AvgIpc) is 3.79. The van der Waals surface area contributed by atoms with Crippen LogP contribution in [0.15, 0.2) is 47.5 Å². The van der Waals surface area contributed by atoms with E-state index in [4.69, 9.17) is 35.4 Å². The summed E-state index contributed by atoms with van der Waals surface area (Å²) in [6.45, 7) is 3.87. The number of phosphoric acid groups is 1. The second-order valence-electron chi connectivity index (χ2n) is 14.9. The number of nitrogens with zero attached hydrogens (tertiary/aromatic N) is 1. The van der Waals surface area contributed by atoms with Crippen molar-refractivity contribution in [3.8, 4) is 0 Å². The fourth-order valence-electron chi connectivity index (χ4n) is 6.70. The summed E-state index contributed by atoms with van der Waals surface area (Å²) < 4.78 is 50.1. The molecule has 0 bridgehead atoms. The Labute approximate surface area is 323 Å². The summed E-state index contributed by atoms with van der Waals surface area (Å²) in [6, 6.07) is 7.87. The van der Waals surface area contributed by atoms with Crippen LogP contribution in [0.1, 0.15) is 159 Å². The highest BCUT2D eigenvalue weighted by Crippen LogP contribution is 2.47. The van der Waals surface area contributed by atoms with E-state index in [0.29, 0.717) is 36.2 Å². The summed E-state index contributed by atoms with van der Waals surface area (Å²) >= 11 is 0. The molecule has 11 nitrogen and oxygen atoms in total. The Morgan fingerprint density at radius 1 is 1.04 bits per heavy atom. The van der Waals surface area contributed by atoms with Crippen LogP contribution in [0, 0.1) is 11.2 Å². The van der Waals surface area contributed by atoms with Gasteiger partial charge in [0.1, 0.15) is 18.0 Å². The van der Waals surface area contributed by atoms with Gasteiger partial charge >= 0.3 is 7.82 Å². The molecule has 1 aliphatic rings. The van der Waals surface area contributed by atoms with E-state index in [9.17, 15) is 13.8 Å². The molecule has 54 heavy (non-hydrogen) atoms. The molecule has 0 saturated carbocycles. The van der Waals surface area contributed by atoms with Crippen LogP contribution in [-0.2, 0) is 29.7 Å². The second kappa shape index (κ2) is 25.3. The van der Waals surface area contributed by atoms with Gasteiger partial charge < -0.3 is 30.8 Å². The van der Waals surface area contributed by atoms with Crippen molar-refractivity contribution in [3.63, 3.8) is 0 Å². The van der Waals surface area contributed by atoms with Crippen molar-refractivity contribution in [2.24, 2.45) is 10.7 Å². The molecule has 1 unspecified atom stereocenters. The molecule has 1 saturated heterocycles. The summed E-state index contributed by atoms with van der Waals surface area (Å²) in [7, 11) is -4.45. The van der Waals surface area contributed by atoms with Gasteiger partial charge in [0, 0.05) is 11.4 Å². The Morgan fingerprint density at radius 2 is 1.69 bits per heavy atom. The topological polar surface area (TPSA) is 178 Å². The van der Waals surface area contributed by atoms with Crippen LogP contribution >= 0.6 is 7.82 Å². The molecule has 1 fully saturated rings. The number of ether oxygens (including phenoxy) is 2. The zero-order valence-corrected chi connectivity index (χ0v) is 33.6. The van der Waals surface area contributed by atoms with E-state index in [1.807, 2.05) is 13.0 Å². The van der Waals surface area contributed by atoms with E-state index in [1.54, 1.807) is 12.1 Å². The first-order valence-corrected chi connectivity index (χ1v) is 21.6. The van der Waals surface area contributed by atoms with Crippen molar-refractivity contribution in [1.82, 2.24) is 4.98 Å². The minimum atomic E-state index is -4.45. The number of unbranched alkanes of at least 4 members (excludes halogenated alkanes) is 14. The van der Waals surface area contributed by atoms with Gasteiger partial charge in [0.15, 0.2) is 0 Å². The minimum Gasteiger partial charge on any atom is -0.399 e. The number of aromatic amines is 1. The molecule has 7 N–H and O–H groups in total. The first kappa shape index (κ1) is 45.5. The summed E-state index contributed by atoms with van der Waals surface area (Å²) in [5.41, 5.74) is 13.1. The van der Waals surface area contributed by atoms with Gasteiger partial charge in [-0.25, -0.2) is 13.9 Å². The number of rotatable bonds is 30. The number of hydrogen-bond acceptors (Lipinski definition) is 7. The predicted molar refractivity (Wildman–Crippen MR) is 216 cm³/mol. The molecule has 0 amide bonds. The monoisotopic (exact) mass is 775 g/mol. The Kier molecular flexibility index (Phi) is 21.4. The van der Waals surface area contributed by atoms with Gasteiger partial charge in [0.25, 0.3) is 0 Å². The Bertz CT molecular complexity index is 1450. The number of nitrogen functional groups attached to an aromatic ring is 1. The van der Waals surface area contributed by atoms with Crippen LogP contribution in [0.5, 0.6) is 0 Å². The number of phosphoric ester groups is 1. The number of aliphatic imine (C=N–C) groups is 1. The fourth-order valence-corrected chi connectivity index (χ4v) is 7.57. The Hall–Kier alpha value is -2.86. The summed E-state index contributed by atoms with van der Waals surface area (Å²) in [4.78, 5) is 17.5. The van der Waals surface area contributed by atoms with E-state index >= 15 is 0 Å². The van der Waals surface area contributed by atoms with E-state index in [0.717, 1.165) is 31.3 Å². The molecule has 1 aliphatic heterocycles. The highest BCUT2D eigenvalue weighted by atomic mass is 31.2. The van der Waals surface area contributed by atoms with Crippen molar-refractivity contribution in [2.75, 3.05) is 18.9 Å². The molecule has 2 heterocycles. The van der Waals surface area contributed by atoms with Gasteiger partial charge in [0.05, 0.1) is 43.3 Å². The number of nitrogens with two attached hydrogens (primary N) is 2. The van der Waals surface area contributed by atoms with Gasteiger partial charge in [-0.1, -0.05) is 96.1 Å². The molecule has 4 atom stereocenters. The van der Waals surface area contributed by atoms with Crippen molar-refractivity contribution in [1.29, 1.82) is 5.41 Å². The van der Waals surface area contributed by atoms with Gasteiger partial charge in [-0.05, 0) is 87.8 Å². The van der Waals surface area contributed by atoms with Crippen molar-refractivity contribution < 1.29 is 32.4 Å². The predicted octanol–water partition coefficient (Wildman–Crippen LogP) is 10.6. The number of nitrogens with one attached hydrogen (secondary N) is 2. The molecule has 304 valence electrons. The Morgan fingerprint density at radius 3 is 2.33 bits per heavy atom. The number of H-pyrrole nitrogens is 1. The lowest BCUT2D eigenvalue weighted by Gasteiger charge is -2.26. The molecule has 3 rings (SSSR count). The van der Waals surface area contributed by atoms with E-state index in [1.165, 1.54) is 95.6 Å². The smallest absolute Gasteiger partial charge is 0.399 e. The first-order valence-electron chi connectivity index (χ1n) is 20.1. The van der Waals surface area contributed by atoms with Crippen LogP contribution in [0.25, 0.3) is 0 Å². The molecular formula is C41H67FN5O6P. The van der Waals surface area contributed by atoms with Gasteiger partial charge in [-0.15, -0.1) is 0 Å². The lowest BCUT2D eigenvalue weighted by Crippen LogP contribution is -2.30. The maximum atomic E-state index is 13.9. The number of allylic oxidation sites excluding steroid dienone is 2. The normalized spacial score (nSPS) is 19.4. The molecular weight excluding hydrogens is 708 g/mol. The summed E-state index contributed by atoms with van der Waals surface area (Å²) in [6.07, 6.45) is 26.3. The van der Waals surface area contributed by atoms with Gasteiger partial charge in [0.2, 0.25) is 0 Å². The SMILES string of the molecule is CCCCCCCC/C=C/CCCCCCCCCC[C@H](COP(=O)(O)OC[C@]1(C)CC[C@H](c2ccc(/C(N)=N\C=N)[nH]2)O1)OCc1cc(N)cc(F)c1. The average molecular weight is 776 g/mol. The quantitative estimate of drug-likeness (QED) is 0.0130. The third-order valence-corrected chi connectivity index (χ3v) is 10.8. The second-order valence-corrected chi connectivity index (χ2v) is 16.3. The number of aromatic nitrogens is 1. The molecule has 1 aromatic carbocycles. The maximum absolute atomic E-state index is 13.9. The standard InChI is InChI=1S/C41H67FN5O6P/c1-3-4-5-6-7-8-9-10-11-12-13-14-15-16-17-18-19-20-21-36(50-29-33-26-34(42)28-35(44)27-33)30-51-54(48,49)52-31-41(2)25-24-39(53-41)37-22-23-38(47-37)40(45)46-32-43/h10-11,22-23,26-28,32,36,39,47H,3-9,12-21,24-25,29-31,44H2,1-2H3,(H,48,49)(H3,43,45,46)/b11-10+/t36-,39-,41+/m1/s1. The highest BCUT2D eigenvalue weighted by molar-refractivity contribution is 7.47. The lowest BCUT2D eigenvalue weighted by molar-refractivity contribution is -0.0658. The third-order valence-electron chi connectivity index (χ3n) is 9.86. The molecule has 0 aliphatic carbocycles. The fraction of sp³-hybridized carbons (Fsp3) is 0.659. The summed E-state index contributed by atoms with van der Waals surface area (Å²) in [5.74, 6) is -0.253. The van der Waals surface area contributed by atoms with Crippen molar-refractivity contribution >= 4 is 25.7 Å². The zero-order valence-electron chi connectivity index (χ0n) is 32.7. The number of halogens is 1. The summed E-state index contributed by atoms with van der Waals surface area (Å²) in [5, 5.41) is 7.11. The van der Waals surface area contributed by atoms with Crippen LogP contribution in [0.2, 0.25) is 0 Å². The number of amidine groups is 1. The van der Waals surface area contributed by atoms with Crippen LogP contribution in [0.4, 0.5) is 10.1 Å². The largest absolute Gasteiger partial charge is 0.472 e. The zero-order chi connectivity index (χ0) is 39.1. The molecule has 0 spiro atoms. The van der Waals surface area contributed by atoms with Gasteiger partial charge in [-0.3, -0.25) is 14.5 Å². The maximum Gasteiger partial charge on any atom is 0.472 e. The van der Waals surface area contributed by atoms with E-state index < -0.39 is 25.3 Å². The van der Waals surface area contributed by atoms with Crippen LogP contribution < -0.4 is 11.5 Å². The Balaban J connectivity index is 1.36. The van der Waals surface area contributed by atoms with E-state index in [-0.39, 0.29) is 31.8 Å². The lowest BCUT2D eigenvalue weighted by atomic mass is 10.0. The number of anilines is 1. The first-order chi connectivity index (χ1) is 26.0. The van der Waals surface area contributed by atoms with Crippen LogP contribution in [0.3, 0.4) is 0 Å². The molecule has 1 aromatic heterocycles. The van der Waals surface area contributed by atoms with Crippen LogP contribution in [-0.4, -0.2) is 47.0 Å². The molecule has 0 radical (unpaired) electrons.